The van der Waals surface area contributed by atoms with Crippen LogP contribution >= 0.6 is 0 Å². The Morgan fingerprint density at radius 1 is 1.38 bits per heavy atom. The van der Waals surface area contributed by atoms with E-state index in [0.29, 0.717) is 26.3 Å². The van der Waals surface area contributed by atoms with Gasteiger partial charge in [-0.2, -0.15) is 0 Å². The third-order valence-electron chi connectivity index (χ3n) is 4.31. The van der Waals surface area contributed by atoms with Crippen LogP contribution in [0.2, 0.25) is 0 Å². The molecule has 0 bridgehead atoms. The second-order valence-corrected chi connectivity index (χ2v) is 5.75. The van der Waals surface area contributed by atoms with Gasteiger partial charge in [-0.3, -0.25) is 4.79 Å². The number of carbonyl (C=O) groups excluding carboxylic acids is 1. The van der Waals surface area contributed by atoms with E-state index < -0.39 is 0 Å². The molecule has 0 saturated carbocycles. The highest BCUT2D eigenvalue weighted by Gasteiger charge is 2.35. The SMILES string of the molecule is CC(CN)C(=O)NCC1(c2ccc(F)cc2)CCOCC1. The predicted octanol–water partition coefficient (Wildman–Crippen LogP) is 1.58. The van der Waals surface area contributed by atoms with Gasteiger partial charge in [-0.05, 0) is 30.5 Å². The Morgan fingerprint density at radius 3 is 2.57 bits per heavy atom. The number of benzene rings is 1. The maximum Gasteiger partial charge on any atom is 0.224 e. The molecule has 3 N–H and O–H groups in total. The van der Waals surface area contributed by atoms with Gasteiger partial charge in [-0.1, -0.05) is 19.1 Å². The number of nitrogens with one attached hydrogen (secondary N) is 1. The second-order valence-electron chi connectivity index (χ2n) is 5.75. The Kier molecular flexibility index (Phi) is 5.31. The molecule has 1 heterocycles. The van der Waals surface area contributed by atoms with Gasteiger partial charge in [0.1, 0.15) is 5.82 Å². The Balaban J connectivity index is 2.13. The lowest BCUT2D eigenvalue weighted by Gasteiger charge is -2.38. The number of carbonyl (C=O) groups is 1. The van der Waals surface area contributed by atoms with Gasteiger partial charge >= 0.3 is 0 Å². The van der Waals surface area contributed by atoms with Crippen LogP contribution in [-0.4, -0.2) is 32.2 Å². The van der Waals surface area contributed by atoms with Crippen LogP contribution in [0.4, 0.5) is 4.39 Å². The molecule has 1 amide bonds. The van der Waals surface area contributed by atoms with Gasteiger partial charge in [-0.25, -0.2) is 4.39 Å². The molecule has 0 spiro atoms. The number of ether oxygens (including phenoxy) is 1. The van der Waals surface area contributed by atoms with Gasteiger partial charge in [0, 0.05) is 37.6 Å². The summed E-state index contributed by atoms with van der Waals surface area (Å²) in [4.78, 5) is 12.0. The minimum absolute atomic E-state index is 0.0366. The molecule has 0 aromatic heterocycles. The first kappa shape index (κ1) is 15.9. The molecular formula is C16H23FN2O2. The maximum atomic E-state index is 13.1. The normalized spacial score (nSPS) is 19.0. The molecule has 1 saturated heterocycles. The molecule has 0 aliphatic carbocycles. The fourth-order valence-corrected chi connectivity index (χ4v) is 2.67. The third-order valence-corrected chi connectivity index (χ3v) is 4.31. The summed E-state index contributed by atoms with van der Waals surface area (Å²) in [5.41, 5.74) is 6.38. The molecular weight excluding hydrogens is 271 g/mol. The van der Waals surface area contributed by atoms with Crippen LogP contribution in [0, 0.1) is 11.7 Å². The van der Waals surface area contributed by atoms with Gasteiger partial charge in [0.05, 0.1) is 0 Å². The molecule has 1 aliphatic rings. The summed E-state index contributed by atoms with van der Waals surface area (Å²) in [7, 11) is 0. The van der Waals surface area contributed by atoms with Gasteiger partial charge < -0.3 is 15.8 Å². The van der Waals surface area contributed by atoms with Crippen molar-refractivity contribution in [3.63, 3.8) is 0 Å². The molecule has 116 valence electrons. The Bertz CT molecular complexity index is 470. The minimum Gasteiger partial charge on any atom is -0.381 e. The van der Waals surface area contributed by atoms with E-state index in [-0.39, 0.29) is 23.1 Å². The van der Waals surface area contributed by atoms with E-state index in [4.69, 9.17) is 10.5 Å². The van der Waals surface area contributed by atoms with Crippen molar-refractivity contribution < 1.29 is 13.9 Å². The molecule has 5 heteroatoms. The van der Waals surface area contributed by atoms with Gasteiger partial charge in [0.25, 0.3) is 0 Å². The zero-order valence-electron chi connectivity index (χ0n) is 12.4. The molecule has 4 nitrogen and oxygen atoms in total. The zero-order chi connectivity index (χ0) is 15.3. The van der Waals surface area contributed by atoms with Crippen LogP contribution in [0.15, 0.2) is 24.3 Å². The highest BCUT2D eigenvalue weighted by atomic mass is 19.1. The molecule has 2 rings (SSSR count). The number of hydrogen-bond donors (Lipinski definition) is 2. The second kappa shape index (κ2) is 7.00. The first-order valence-electron chi connectivity index (χ1n) is 7.39. The zero-order valence-corrected chi connectivity index (χ0v) is 12.4. The largest absolute Gasteiger partial charge is 0.381 e. The number of hydrogen-bond acceptors (Lipinski definition) is 3. The quantitative estimate of drug-likeness (QED) is 0.866. The van der Waals surface area contributed by atoms with E-state index >= 15 is 0 Å². The molecule has 1 aliphatic heterocycles. The average Bonchev–Trinajstić information content (AvgIpc) is 2.53. The van der Waals surface area contributed by atoms with Crippen LogP contribution in [0.1, 0.15) is 25.3 Å². The number of amides is 1. The standard InChI is InChI=1S/C16H23FN2O2/c1-12(10-18)15(20)19-11-16(6-8-21-9-7-16)13-2-4-14(17)5-3-13/h2-5,12H,6-11,18H2,1H3,(H,19,20). The number of rotatable bonds is 5. The highest BCUT2D eigenvalue weighted by molar-refractivity contribution is 5.78. The number of halogens is 1. The van der Waals surface area contributed by atoms with Crippen molar-refractivity contribution in [3.05, 3.63) is 35.6 Å². The Hall–Kier alpha value is -1.46. The van der Waals surface area contributed by atoms with Crippen molar-refractivity contribution in [1.82, 2.24) is 5.32 Å². The summed E-state index contributed by atoms with van der Waals surface area (Å²) in [6.45, 7) is 3.98. The lowest BCUT2D eigenvalue weighted by molar-refractivity contribution is -0.124. The molecule has 1 aromatic rings. The summed E-state index contributed by atoms with van der Waals surface area (Å²) in [5.74, 6) is -0.484. The smallest absolute Gasteiger partial charge is 0.224 e. The van der Waals surface area contributed by atoms with E-state index in [9.17, 15) is 9.18 Å². The molecule has 21 heavy (non-hydrogen) atoms. The lowest BCUT2D eigenvalue weighted by atomic mass is 9.74. The van der Waals surface area contributed by atoms with Gasteiger partial charge in [-0.15, -0.1) is 0 Å². The summed E-state index contributed by atoms with van der Waals surface area (Å²) >= 11 is 0. The predicted molar refractivity (Wildman–Crippen MR) is 79.4 cm³/mol. The average molecular weight is 294 g/mol. The lowest BCUT2D eigenvalue weighted by Crippen LogP contribution is -2.46. The topological polar surface area (TPSA) is 64.4 Å². The van der Waals surface area contributed by atoms with E-state index in [1.807, 2.05) is 6.92 Å². The van der Waals surface area contributed by atoms with E-state index in [1.165, 1.54) is 12.1 Å². The monoisotopic (exact) mass is 294 g/mol. The molecule has 1 fully saturated rings. The maximum absolute atomic E-state index is 13.1. The van der Waals surface area contributed by atoms with E-state index in [1.54, 1.807) is 12.1 Å². The first-order chi connectivity index (χ1) is 10.1. The van der Waals surface area contributed by atoms with Crippen molar-refractivity contribution in [2.45, 2.75) is 25.2 Å². The van der Waals surface area contributed by atoms with Gasteiger partial charge in [0.2, 0.25) is 5.91 Å². The first-order valence-corrected chi connectivity index (χ1v) is 7.39. The number of nitrogens with two attached hydrogens (primary N) is 1. The van der Waals surface area contributed by atoms with Crippen LogP contribution in [0.3, 0.4) is 0 Å². The van der Waals surface area contributed by atoms with E-state index in [0.717, 1.165) is 18.4 Å². The van der Waals surface area contributed by atoms with Crippen molar-refractivity contribution in [3.8, 4) is 0 Å². The van der Waals surface area contributed by atoms with Crippen molar-refractivity contribution >= 4 is 5.91 Å². The third kappa shape index (κ3) is 3.80. The van der Waals surface area contributed by atoms with E-state index in [2.05, 4.69) is 5.32 Å². The minimum atomic E-state index is -0.248. The highest BCUT2D eigenvalue weighted by Crippen LogP contribution is 2.34. The van der Waals surface area contributed by atoms with Crippen LogP contribution < -0.4 is 11.1 Å². The summed E-state index contributed by atoms with van der Waals surface area (Å²) < 4.78 is 18.6. The molecule has 1 aromatic carbocycles. The molecule has 0 radical (unpaired) electrons. The van der Waals surface area contributed by atoms with Crippen LogP contribution in [0.25, 0.3) is 0 Å². The Morgan fingerprint density at radius 2 is 2.00 bits per heavy atom. The van der Waals surface area contributed by atoms with Crippen molar-refractivity contribution in [2.75, 3.05) is 26.3 Å². The fourth-order valence-electron chi connectivity index (χ4n) is 2.67. The van der Waals surface area contributed by atoms with Crippen LogP contribution in [-0.2, 0) is 14.9 Å². The van der Waals surface area contributed by atoms with Gasteiger partial charge in [0.15, 0.2) is 0 Å². The summed E-state index contributed by atoms with van der Waals surface area (Å²) in [6.07, 6.45) is 1.63. The molecule has 1 atom stereocenters. The summed E-state index contributed by atoms with van der Waals surface area (Å²) in [6, 6.07) is 6.55. The Labute approximate surface area is 124 Å². The van der Waals surface area contributed by atoms with Crippen molar-refractivity contribution in [2.24, 2.45) is 11.7 Å². The van der Waals surface area contributed by atoms with Crippen molar-refractivity contribution in [1.29, 1.82) is 0 Å². The van der Waals surface area contributed by atoms with Crippen LogP contribution in [0.5, 0.6) is 0 Å². The molecule has 1 unspecified atom stereocenters. The summed E-state index contributed by atoms with van der Waals surface area (Å²) in [5, 5.41) is 2.99. The fraction of sp³-hybridized carbons (Fsp3) is 0.562.